The van der Waals surface area contributed by atoms with E-state index in [1.165, 1.54) is 6.07 Å². The number of piperazine rings is 1. The molecule has 0 saturated carbocycles. The Morgan fingerprint density at radius 3 is 2.69 bits per heavy atom. The molecule has 3 heterocycles. The van der Waals surface area contributed by atoms with Gasteiger partial charge >= 0.3 is 12.1 Å². The van der Waals surface area contributed by atoms with Crippen LogP contribution in [0.5, 0.6) is 0 Å². The number of nitrogens with zero attached hydrogens (tertiary/aromatic N) is 4. The summed E-state index contributed by atoms with van der Waals surface area (Å²) in [6.45, 7) is 2.04. The van der Waals surface area contributed by atoms with Crippen molar-refractivity contribution in [3.63, 3.8) is 0 Å². The van der Waals surface area contributed by atoms with Gasteiger partial charge in [0, 0.05) is 11.9 Å². The molecule has 8 nitrogen and oxygen atoms in total. The Labute approximate surface area is 206 Å². The zero-order valence-electron chi connectivity index (χ0n) is 18.7. The maximum atomic E-state index is 13.5. The maximum absolute atomic E-state index is 13.5. The number of hydrogen-bond donors (Lipinski definition) is 1. The minimum atomic E-state index is -0.742. The van der Waals surface area contributed by atoms with Crippen LogP contribution in [0.25, 0.3) is 10.8 Å². The summed E-state index contributed by atoms with van der Waals surface area (Å²) in [6, 6.07) is 16.5. The van der Waals surface area contributed by atoms with Crippen LogP contribution in [0.4, 0.5) is 21.0 Å². The van der Waals surface area contributed by atoms with E-state index in [9.17, 15) is 19.6 Å². The van der Waals surface area contributed by atoms with Crippen molar-refractivity contribution < 1.29 is 14.4 Å². The Morgan fingerprint density at radius 2 is 1.89 bits per heavy atom. The lowest BCUT2D eigenvalue weighted by Crippen LogP contribution is -2.55. The fourth-order valence-corrected chi connectivity index (χ4v) is 5.84. The third kappa shape index (κ3) is 3.01. The molecular weight excluding hydrogens is 466 g/mol. The molecule has 0 spiro atoms. The predicted molar refractivity (Wildman–Crippen MR) is 131 cm³/mol. The van der Waals surface area contributed by atoms with Crippen LogP contribution in [0.15, 0.2) is 54.6 Å². The number of halogens is 1. The molecule has 3 unspecified atom stereocenters. The highest BCUT2D eigenvalue weighted by Crippen LogP contribution is 2.44. The molecule has 3 aliphatic heterocycles. The van der Waals surface area contributed by atoms with E-state index in [0.717, 1.165) is 15.7 Å². The lowest BCUT2D eigenvalue weighted by atomic mass is 10.1. The smallest absolute Gasteiger partial charge is 0.317 e. The third-order valence-corrected chi connectivity index (χ3v) is 7.76. The van der Waals surface area contributed by atoms with Gasteiger partial charge in [-0.15, -0.1) is 0 Å². The molecule has 0 aliphatic carbocycles. The average Bonchev–Trinajstić information content (AvgIpc) is 3.53. The zero-order valence-corrected chi connectivity index (χ0v) is 19.5. The molecule has 174 valence electrons. The number of amides is 5. The number of nitriles is 1. The van der Waals surface area contributed by atoms with E-state index in [-0.39, 0.29) is 28.6 Å². The topological polar surface area (TPSA) is 96.8 Å². The van der Waals surface area contributed by atoms with E-state index in [4.69, 9.17) is 11.6 Å². The first-order chi connectivity index (χ1) is 16.9. The van der Waals surface area contributed by atoms with Crippen molar-refractivity contribution in [3.8, 4) is 6.07 Å². The molecule has 9 heteroatoms. The zero-order chi connectivity index (χ0) is 24.4. The Balaban J connectivity index is 1.28. The quantitative estimate of drug-likeness (QED) is 0.540. The Bertz CT molecular complexity index is 1480. The number of hydrogen-bond acceptors (Lipinski definition) is 4. The number of urea groups is 2. The van der Waals surface area contributed by atoms with Crippen molar-refractivity contribution in [2.24, 2.45) is 0 Å². The second-order valence-electron chi connectivity index (χ2n) is 9.06. The van der Waals surface area contributed by atoms with Gasteiger partial charge in [-0.2, -0.15) is 5.26 Å². The molecule has 3 fully saturated rings. The lowest BCUT2D eigenvalue weighted by Gasteiger charge is -2.34. The van der Waals surface area contributed by atoms with E-state index in [0.29, 0.717) is 29.9 Å². The number of benzene rings is 3. The molecule has 3 saturated heterocycles. The minimum absolute atomic E-state index is 0.219. The van der Waals surface area contributed by atoms with E-state index in [1.807, 2.05) is 48.5 Å². The molecule has 6 rings (SSSR count). The number of nitrogens with one attached hydrogen (secondary N) is 1. The highest BCUT2D eigenvalue weighted by atomic mass is 35.5. The Kier molecular flexibility index (Phi) is 4.73. The van der Waals surface area contributed by atoms with Gasteiger partial charge < -0.3 is 15.1 Å². The summed E-state index contributed by atoms with van der Waals surface area (Å²) in [5.74, 6) is -0.381. The van der Waals surface area contributed by atoms with Gasteiger partial charge in [-0.3, -0.25) is 4.79 Å². The Morgan fingerprint density at radius 1 is 1.11 bits per heavy atom. The first-order valence-corrected chi connectivity index (χ1v) is 11.7. The largest absolute Gasteiger partial charge is 0.332 e. The standard InChI is InChI=1S/C26H20ClN5O3/c1-14-20(10-9-16(12-28)22(14)27)32-24(33)23-21-11-17(31(23)26(32)35)13-30(21)25(34)29-19-8-4-6-15-5-2-3-7-18(15)19/h2-10,17,21,23H,11,13H2,1H3,(H,29,34). The number of fused-ring (bicyclic) bond motifs is 6. The molecule has 0 aromatic heterocycles. The van der Waals surface area contributed by atoms with Gasteiger partial charge in [0.05, 0.1) is 34.0 Å². The van der Waals surface area contributed by atoms with Crippen LogP contribution in [0.2, 0.25) is 5.02 Å². The summed E-state index contributed by atoms with van der Waals surface area (Å²) < 4.78 is 0. The normalized spacial score (nSPS) is 22.7. The lowest BCUT2D eigenvalue weighted by molar-refractivity contribution is -0.120. The third-order valence-electron chi connectivity index (χ3n) is 7.28. The summed E-state index contributed by atoms with van der Waals surface area (Å²) in [7, 11) is 0. The molecule has 5 amide bonds. The van der Waals surface area contributed by atoms with Crippen molar-refractivity contribution in [1.82, 2.24) is 9.80 Å². The van der Waals surface area contributed by atoms with Gasteiger partial charge in [-0.05, 0) is 42.5 Å². The monoisotopic (exact) mass is 485 g/mol. The number of carbonyl (C=O) groups excluding carboxylic acids is 3. The summed E-state index contributed by atoms with van der Waals surface area (Å²) >= 11 is 6.30. The average molecular weight is 486 g/mol. The number of likely N-dealkylation sites (tertiary alicyclic amines) is 1. The molecule has 1 N–H and O–H groups in total. The van der Waals surface area contributed by atoms with Crippen molar-refractivity contribution >= 4 is 51.7 Å². The molecule has 0 radical (unpaired) electrons. The summed E-state index contributed by atoms with van der Waals surface area (Å²) in [4.78, 5) is 44.5. The van der Waals surface area contributed by atoms with Crippen LogP contribution < -0.4 is 10.2 Å². The van der Waals surface area contributed by atoms with Gasteiger partial charge in [0.25, 0.3) is 5.91 Å². The van der Waals surface area contributed by atoms with Gasteiger partial charge in [-0.25, -0.2) is 14.5 Å². The van der Waals surface area contributed by atoms with E-state index < -0.39 is 18.1 Å². The van der Waals surface area contributed by atoms with Crippen LogP contribution in [-0.2, 0) is 4.79 Å². The SMILES string of the molecule is Cc1c(N2C(=O)C3C4CC(CN4C(=O)Nc4cccc5ccccc45)N3C2=O)ccc(C#N)c1Cl. The van der Waals surface area contributed by atoms with Crippen molar-refractivity contribution in [2.75, 3.05) is 16.8 Å². The van der Waals surface area contributed by atoms with Gasteiger partial charge in [0.2, 0.25) is 0 Å². The Hall–Kier alpha value is -4.09. The van der Waals surface area contributed by atoms with Crippen LogP contribution in [-0.4, -0.2) is 52.4 Å². The predicted octanol–water partition coefficient (Wildman–Crippen LogP) is 4.50. The molecular formula is C26H20ClN5O3. The second-order valence-corrected chi connectivity index (χ2v) is 9.44. The fourth-order valence-electron chi connectivity index (χ4n) is 5.64. The maximum Gasteiger partial charge on any atom is 0.332 e. The highest BCUT2D eigenvalue weighted by Gasteiger charge is 2.63. The first kappa shape index (κ1) is 21.4. The minimum Gasteiger partial charge on any atom is -0.317 e. The summed E-state index contributed by atoms with van der Waals surface area (Å²) in [6.07, 6.45) is 0.562. The number of rotatable bonds is 2. The molecule has 3 aromatic rings. The number of imide groups is 1. The van der Waals surface area contributed by atoms with Crippen molar-refractivity contribution in [1.29, 1.82) is 5.26 Å². The molecule has 3 aromatic carbocycles. The van der Waals surface area contributed by atoms with E-state index in [2.05, 4.69) is 5.32 Å². The number of anilines is 2. The van der Waals surface area contributed by atoms with Gasteiger partial charge in [0.15, 0.2) is 0 Å². The van der Waals surface area contributed by atoms with Crippen LogP contribution in [0, 0.1) is 18.3 Å². The van der Waals surface area contributed by atoms with E-state index in [1.54, 1.807) is 22.8 Å². The van der Waals surface area contributed by atoms with Crippen LogP contribution in [0.1, 0.15) is 17.5 Å². The van der Waals surface area contributed by atoms with Crippen LogP contribution in [0.3, 0.4) is 0 Å². The number of carbonyl (C=O) groups is 3. The molecule has 35 heavy (non-hydrogen) atoms. The molecule has 3 atom stereocenters. The fraction of sp³-hybridized carbons (Fsp3) is 0.231. The summed E-state index contributed by atoms with van der Waals surface area (Å²) in [5.41, 5.74) is 1.84. The van der Waals surface area contributed by atoms with Gasteiger partial charge in [0.1, 0.15) is 12.1 Å². The van der Waals surface area contributed by atoms with Crippen LogP contribution >= 0.6 is 11.6 Å². The van der Waals surface area contributed by atoms with E-state index >= 15 is 0 Å². The van der Waals surface area contributed by atoms with Crippen molar-refractivity contribution in [2.45, 2.75) is 31.5 Å². The molecule has 3 aliphatic rings. The van der Waals surface area contributed by atoms with Crippen molar-refractivity contribution in [3.05, 3.63) is 70.7 Å². The summed E-state index contributed by atoms with van der Waals surface area (Å²) in [5, 5.41) is 14.4. The molecule has 2 bridgehead atoms. The second kappa shape index (κ2) is 7.72. The first-order valence-electron chi connectivity index (χ1n) is 11.3. The van der Waals surface area contributed by atoms with Gasteiger partial charge in [-0.1, -0.05) is 48.0 Å². The highest BCUT2D eigenvalue weighted by molar-refractivity contribution is 6.33.